The number of methoxy groups -OCH3 is 2. The predicted molar refractivity (Wildman–Crippen MR) is 92.8 cm³/mol. The van der Waals surface area contributed by atoms with E-state index in [1.807, 2.05) is 19.1 Å². The van der Waals surface area contributed by atoms with E-state index in [0.29, 0.717) is 39.6 Å². The van der Waals surface area contributed by atoms with Gasteiger partial charge in [0.1, 0.15) is 5.75 Å². The van der Waals surface area contributed by atoms with Crippen LogP contribution in [0.15, 0.2) is 40.9 Å². The Labute approximate surface area is 143 Å². The minimum Gasteiger partial charge on any atom is -0.495 e. The normalized spacial score (nSPS) is 10.1. The van der Waals surface area contributed by atoms with Crippen molar-refractivity contribution in [2.24, 2.45) is 0 Å². The first-order valence-corrected chi connectivity index (χ1v) is 7.84. The van der Waals surface area contributed by atoms with Gasteiger partial charge in [-0.3, -0.25) is 4.79 Å². The molecule has 0 saturated heterocycles. The number of hydrogen-bond acceptors (Lipinski definition) is 4. The summed E-state index contributed by atoms with van der Waals surface area (Å²) >= 11 is 3.40. The Morgan fingerprint density at radius 3 is 2.52 bits per heavy atom. The van der Waals surface area contributed by atoms with Gasteiger partial charge in [-0.15, -0.1) is 0 Å². The molecule has 0 atom stereocenters. The zero-order chi connectivity index (χ0) is 16.8. The minimum absolute atomic E-state index is 0.265. The molecule has 2 aromatic rings. The van der Waals surface area contributed by atoms with Gasteiger partial charge in [0.05, 0.1) is 31.0 Å². The summed E-state index contributed by atoms with van der Waals surface area (Å²) in [7, 11) is 3.11. The number of rotatable bonds is 6. The first-order chi connectivity index (χ1) is 11.1. The molecule has 0 bridgehead atoms. The monoisotopic (exact) mass is 379 g/mol. The van der Waals surface area contributed by atoms with Crippen LogP contribution in [0.4, 0.5) is 5.69 Å². The Balaban J connectivity index is 2.32. The van der Waals surface area contributed by atoms with Gasteiger partial charge in [0, 0.05) is 5.56 Å². The van der Waals surface area contributed by atoms with Crippen molar-refractivity contribution in [2.45, 2.75) is 6.92 Å². The summed E-state index contributed by atoms with van der Waals surface area (Å²) in [6.45, 7) is 2.34. The molecule has 1 amide bonds. The maximum absolute atomic E-state index is 12.5. The molecule has 0 saturated carbocycles. The van der Waals surface area contributed by atoms with Gasteiger partial charge < -0.3 is 19.5 Å². The molecule has 0 heterocycles. The molecule has 2 aromatic carbocycles. The summed E-state index contributed by atoms with van der Waals surface area (Å²) in [4.78, 5) is 12.5. The average molecular weight is 380 g/mol. The Bertz CT molecular complexity index is 703. The van der Waals surface area contributed by atoms with Gasteiger partial charge in [0.25, 0.3) is 5.91 Å². The standard InChI is InChI=1S/C17H18BrNO4/c1-4-23-15-10-11(9-12(18)16(15)22-3)17(20)19-13-7-5-6-8-14(13)21-2/h5-10H,4H2,1-3H3,(H,19,20). The SMILES string of the molecule is CCOc1cc(C(=O)Nc2ccccc2OC)cc(Br)c1OC. The van der Waals surface area contributed by atoms with E-state index in [0.717, 1.165) is 0 Å². The van der Waals surface area contributed by atoms with Crippen LogP contribution in [0.25, 0.3) is 0 Å². The number of carbonyl (C=O) groups is 1. The first-order valence-electron chi connectivity index (χ1n) is 7.05. The van der Waals surface area contributed by atoms with E-state index in [1.165, 1.54) is 0 Å². The highest BCUT2D eigenvalue weighted by atomic mass is 79.9. The lowest BCUT2D eigenvalue weighted by atomic mass is 10.1. The Kier molecular flexibility index (Phi) is 5.87. The zero-order valence-electron chi connectivity index (χ0n) is 13.2. The summed E-state index contributed by atoms with van der Waals surface area (Å²) in [5, 5.41) is 2.83. The van der Waals surface area contributed by atoms with Gasteiger partial charge in [-0.2, -0.15) is 0 Å². The van der Waals surface area contributed by atoms with Crippen LogP contribution >= 0.6 is 15.9 Å². The van der Waals surface area contributed by atoms with Crippen molar-refractivity contribution in [3.8, 4) is 17.2 Å². The van der Waals surface area contributed by atoms with E-state index in [1.54, 1.807) is 38.5 Å². The maximum Gasteiger partial charge on any atom is 0.255 e. The van der Waals surface area contributed by atoms with Crippen molar-refractivity contribution in [3.05, 3.63) is 46.4 Å². The van der Waals surface area contributed by atoms with Crippen LogP contribution in [-0.2, 0) is 0 Å². The summed E-state index contributed by atoms with van der Waals surface area (Å²) in [5.41, 5.74) is 1.05. The van der Waals surface area contributed by atoms with Crippen LogP contribution < -0.4 is 19.5 Å². The van der Waals surface area contributed by atoms with E-state index >= 15 is 0 Å². The Hall–Kier alpha value is -2.21. The molecular formula is C17H18BrNO4. The molecule has 0 aliphatic heterocycles. The van der Waals surface area contributed by atoms with Gasteiger partial charge in [-0.05, 0) is 47.1 Å². The second-order valence-electron chi connectivity index (χ2n) is 4.58. The van der Waals surface area contributed by atoms with Crippen molar-refractivity contribution in [1.29, 1.82) is 0 Å². The van der Waals surface area contributed by atoms with Crippen molar-refractivity contribution in [2.75, 3.05) is 26.1 Å². The third-order valence-electron chi connectivity index (χ3n) is 3.13. The van der Waals surface area contributed by atoms with Crippen LogP contribution in [0.1, 0.15) is 17.3 Å². The molecule has 0 radical (unpaired) electrons. The third-order valence-corrected chi connectivity index (χ3v) is 3.72. The number of amides is 1. The molecule has 0 aromatic heterocycles. The van der Waals surface area contributed by atoms with Crippen molar-refractivity contribution < 1.29 is 19.0 Å². The van der Waals surface area contributed by atoms with Gasteiger partial charge in [0.15, 0.2) is 11.5 Å². The van der Waals surface area contributed by atoms with E-state index < -0.39 is 0 Å². The third kappa shape index (κ3) is 3.96. The van der Waals surface area contributed by atoms with Crippen LogP contribution in [0.5, 0.6) is 17.2 Å². The van der Waals surface area contributed by atoms with Gasteiger partial charge >= 0.3 is 0 Å². The van der Waals surface area contributed by atoms with Crippen LogP contribution in [0.2, 0.25) is 0 Å². The lowest BCUT2D eigenvalue weighted by molar-refractivity contribution is 0.102. The largest absolute Gasteiger partial charge is 0.495 e. The highest BCUT2D eigenvalue weighted by Crippen LogP contribution is 2.37. The van der Waals surface area contributed by atoms with Gasteiger partial charge in [-0.25, -0.2) is 0 Å². The molecule has 0 fully saturated rings. The summed E-state index contributed by atoms with van der Waals surface area (Å²) < 4.78 is 16.7. The molecular weight excluding hydrogens is 362 g/mol. The Morgan fingerprint density at radius 2 is 1.87 bits per heavy atom. The number of benzene rings is 2. The molecule has 2 rings (SSSR count). The number of hydrogen-bond donors (Lipinski definition) is 1. The summed E-state index contributed by atoms with van der Waals surface area (Å²) in [5.74, 6) is 1.40. The van der Waals surface area contributed by atoms with E-state index in [4.69, 9.17) is 14.2 Å². The van der Waals surface area contributed by atoms with Gasteiger partial charge in [-0.1, -0.05) is 12.1 Å². The highest BCUT2D eigenvalue weighted by Gasteiger charge is 2.16. The predicted octanol–water partition coefficient (Wildman–Crippen LogP) is 4.12. The molecule has 23 heavy (non-hydrogen) atoms. The van der Waals surface area contributed by atoms with Crippen molar-refractivity contribution in [1.82, 2.24) is 0 Å². The number of halogens is 1. The van der Waals surface area contributed by atoms with Crippen LogP contribution in [0, 0.1) is 0 Å². The quantitative estimate of drug-likeness (QED) is 0.819. The highest BCUT2D eigenvalue weighted by molar-refractivity contribution is 9.10. The van der Waals surface area contributed by atoms with Crippen molar-refractivity contribution in [3.63, 3.8) is 0 Å². The second-order valence-corrected chi connectivity index (χ2v) is 5.43. The smallest absolute Gasteiger partial charge is 0.255 e. The van der Waals surface area contributed by atoms with E-state index in [-0.39, 0.29) is 5.91 Å². The number of nitrogens with one attached hydrogen (secondary N) is 1. The van der Waals surface area contributed by atoms with Gasteiger partial charge in [0.2, 0.25) is 0 Å². The van der Waals surface area contributed by atoms with Crippen LogP contribution in [-0.4, -0.2) is 26.7 Å². The lowest BCUT2D eigenvalue weighted by Crippen LogP contribution is -2.13. The molecule has 5 nitrogen and oxygen atoms in total. The fourth-order valence-corrected chi connectivity index (χ4v) is 2.71. The number of para-hydroxylation sites is 2. The molecule has 1 N–H and O–H groups in total. The molecule has 0 aliphatic rings. The summed E-state index contributed by atoms with van der Waals surface area (Å²) in [6.07, 6.45) is 0. The minimum atomic E-state index is -0.265. The number of anilines is 1. The molecule has 0 aliphatic carbocycles. The Morgan fingerprint density at radius 1 is 1.13 bits per heavy atom. The molecule has 0 spiro atoms. The number of ether oxygens (including phenoxy) is 3. The van der Waals surface area contributed by atoms with Crippen LogP contribution in [0.3, 0.4) is 0 Å². The second kappa shape index (κ2) is 7.87. The fraction of sp³-hybridized carbons (Fsp3) is 0.235. The van der Waals surface area contributed by atoms with E-state index in [2.05, 4.69) is 21.2 Å². The summed E-state index contributed by atoms with van der Waals surface area (Å²) in [6, 6.07) is 10.6. The topological polar surface area (TPSA) is 56.8 Å². The lowest BCUT2D eigenvalue weighted by Gasteiger charge is -2.14. The molecule has 122 valence electrons. The molecule has 0 unspecified atom stereocenters. The zero-order valence-corrected chi connectivity index (χ0v) is 14.8. The number of carbonyl (C=O) groups excluding carboxylic acids is 1. The van der Waals surface area contributed by atoms with E-state index in [9.17, 15) is 4.79 Å². The first kappa shape index (κ1) is 17.1. The fourth-order valence-electron chi connectivity index (χ4n) is 2.10. The average Bonchev–Trinajstić information content (AvgIpc) is 2.55. The van der Waals surface area contributed by atoms with Crippen molar-refractivity contribution >= 4 is 27.5 Å². The maximum atomic E-state index is 12.5. The molecule has 6 heteroatoms.